The Labute approximate surface area is 122 Å². The van der Waals surface area contributed by atoms with Gasteiger partial charge in [0.05, 0.1) is 11.1 Å². The SMILES string of the molecule is Cc1cc(Oc2ccc(S(C)(=O)=O)cc2)c2[nH]ncc2c1. The molecular weight excluding hydrogens is 288 g/mol. The summed E-state index contributed by atoms with van der Waals surface area (Å²) in [6.07, 6.45) is 2.92. The van der Waals surface area contributed by atoms with Crippen molar-refractivity contribution in [2.24, 2.45) is 0 Å². The Balaban J connectivity index is 1.97. The predicted octanol–water partition coefficient (Wildman–Crippen LogP) is 3.07. The molecule has 0 aliphatic rings. The number of hydrogen-bond acceptors (Lipinski definition) is 4. The van der Waals surface area contributed by atoms with Crippen LogP contribution < -0.4 is 4.74 Å². The maximum Gasteiger partial charge on any atom is 0.175 e. The van der Waals surface area contributed by atoms with E-state index < -0.39 is 9.84 Å². The Morgan fingerprint density at radius 1 is 1.14 bits per heavy atom. The number of aromatic amines is 1. The highest BCUT2D eigenvalue weighted by molar-refractivity contribution is 7.90. The molecule has 3 rings (SSSR count). The van der Waals surface area contributed by atoms with Gasteiger partial charge in [-0.05, 0) is 48.9 Å². The third-order valence-corrected chi connectivity index (χ3v) is 4.27. The number of H-pyrrole nitrogens is 1. The van der Waals surface area contributed by atoms with E-state index in [-0.39, 0.29) is 4.90 Å². The minimum absolute atomic E-state index is 0.269. The summed E-state index contributed by atoms with van der Waals surface area (Å²) in [5, 5.41) is 7.88. The zero-order valence-electron chi connectivity index (χ0n) is 11.6. The topological polar surface area (TPSA) is 72.1 Å². The minimum Gasteiger partial charge on any atom is -0.455 e. The predicted molar refractivity (Wildman–Crippen MR) is 80.5 cm³/mol. The summed E-state index contributed by atoms with van der Waals surface area (Å²) in [6, 6.07) is 10.3. The number of ether oxygens (including phenoxy) is 1. The lowest BCUT2D eigenvalue weighted by Gasteiger charge is -2.08. The van der Waals surface area contributed by atoms with Crippen molar-refractivity contribution in [3.05, 3.63) is 48.2 Å². The van der Waals surface area contributed by atoms with Gasteiger partial charge in [-0.2, -0.15) is 5.10 Å². The molecule has 0 aliphatic carbocycles. The molecule has 1 aromatic heterocycles. The van der Waals surface area contributed by atoms with Crippen LogP contribution in [-0.4, -0.2) is 24.9 Å². The molecule has 0 aliphatic heterocycles. The third kappa shape index (κ3) is 2.75. The molecular formula is C15H14N2O3S. The van der Waals surface area contributed by atoms with Gasteiger partial charge in [-0.3, -0.25) is 5.10 Å². The lowest BCUT2D eigenvalue weighted by molar-refractivity contribution is 0.486. The highest BCUT2D eigenvalue weighted by Crippen LogP contribution is 2.30. The van der Waals surface area contributed by atoms with E-state index in [0.29, 0.717) is 11.5 Å². The normalized spacial score (nSPS) is 11.7. The van der Waals surface area contributed by atoms with Crippen LogP contribution in [0.15, 0.2) is 47.5 Å². The van der Waals surface area contributed by atoms with Crippen molar-refractivity contribution in [3.8, 4) is 11.5 Å². The van der Waals surface area contributed by atoms with Crippen LogP contribution >= 0.6 is 0 Å². The first-order valence-corrected chi connectivity index (χ1v) is 8.24. The van der Waals surface area contributed by atoms with Gasteiger partial charge >= 0.3 is 0 Å². The zero-order chi connectivity index (χ0) is 15.0. The first-order valence-electron chi connectivity index (χ1n) is 6.35. The van der Waals surface area contributed by atoms with Crippen LogP contribution in [0.25, 0.3) is 10.9 Å². The van der Waals surface area contributed by atoms with Crippen molar-refractivity contribution in [1.82, 2.24) is 10.2 Å². The van der Waals surface area contributed by atoms with Crippen molar-refractivity contribution in [3.63, 3.8) is 0 Å². The number of nitrogens with one attached hydrogen (secondary N) is 1. The molecule has 0 saturated carbocycles. The molecule has 5 nitrogen and oxygen atoms in total. The number of rotatable bonds is 3. The highest BCUT2D eigenvalue weighted by atomic mass is 32.2. The fourth-order valence-corrected chi connectivity index (χ4v) is 2.76. The van der Waals surface area contributed by atoms with E-state index in [4.69, 9.17) is 4.74 Å². The van der Waals surface area contributed by atoms with Gasteiger partial charge in [-0.1, -0.05) is 0 Å². The second-order valence-corrected chi connectivity index (χ2v) is 6.96. The monoisotopic (exact) mass is 302 g/mol. The molecule has 21 heavy (non-hydrogen) atoms. The van der Waals surface area contributed by atoms with Crippen LogP contribution in [0.4, 0.5) is 0 Å². The number of nitrogens with zero attached hydrogens (tertiary/aromatic N) is 1. The molecule has 1 heterocycles. The Hall–Kier alpha value is -2.34. The van der Waals surface area contributed by atoms with Crippen LogP contribution in [0.3, 0.4) is 0 Å². The van der Waals surface area contributed by atoms with Crippen LogP contribution in [-0.2, 0) is 9.84 Å². The number of hydrogen-bond donors (Lipinski definition) is 1. The van der Waals surface area contributed by atoms with E-state index >= 15 is 0 Å². The Bertz CT molecular complexity index is 896. The van der Waals surface area contributed by atoms with E-state index in [2.05, 4.69) is 10.2 Å². The molecule has 0 saturated heterocycles. The Morgan fingerprint density at radius 2 is 1.86 bits per heavy atom. The Morgan fingerprint density at radius 3 is 2.52 bits per heavy atom. The standard InChI is InChI=1S/C15H14N2O3S/c1-10-7-11-9-16-17-15(11)14(8-10)20-12-3-5-13(6-4-12)21(2,18)19/h3-9H,1-2H3,(H,16,17). The van der Waals surface area contributed by atoms with Gasteiger partial charge in [0.15, 0.2) is 15.6 Å². The number of benzene rings is 2. The van der Waals surface area contributed by atoms with Gasteiger partial charge < -0.3 is 4.74 Å². The lowest BCUT2D eigenvalue weighted by Crippen LogP contribution is -1.96. The quantitative estimate of drug-likeness (QED) is 0.807. The molecule has 2 aromatic carbocycles. The average Bonchev–Trinajstić information content (AvgIpc) is 2.86. The molecule has 0 atom stereocenters. The van der Waals surface area contributed by atoms with E-state index in [0.717, 1.165) is 16.5 Å². The molecule has 0 amide bonds. The molecule has 108 valence electrons. The Kier molecular flexibility index (Phi) is 3.17. The summed E-state index contributed by atoms with van der Waals surface area (Å²) in [5.41, 5.74) is 1.87. The number of aryl methyl sites for hydroxylation is 1. The first-order chi connectivity index (χ1) is 9.93. The maximum absolute atomic E-state index is 11.4. The van der Waals surface area contributed by atoms with Crippen molar-refractivity contribution < 1.29 is 13.2 Å². The summed E-state index contributed by atoms with van der Waals surface area (Å²) in [7, 11) is -3.20. The second kappa shape index (κ2) is 4.89. The summed E-state index contributed by atoms with van der Waals surface area (Å²) >= 11 is 0. The van der Waals surface area contributed by atoms with Crippen LogP contribution in [0.2, 0.25) is 0 Å². The van der Waals surface area contributed by atoms with Crippen molar-refractivity contribution in [2.45, 2.75) is 11.8 Å². The van der Waals surface area contributed by atoms with Gasteiger partial charge in [0.25, 0.3) is 0 Å². The molecule has 0 spiro atoms. The molecule has 0 bridgehead atoms. The van der Waals surface area contributed by atoms with E-state index in [1.165, 1.54) is 18.4 Å². The average molecular weight is 302 g/mol. The van der Waals surface area contributed by atoms with Crippen LogP contribution in [0, 0.1) is 6.92 Å². The van der Waals surface area contributed by atoms with Gasteiger partial charge in [-0.25, -0.2) is 8.42 Å². The van der Waals surface area contributed by atoms with Gasteiger partial charge in [0.2, 0.25) is 0 Å². The number of sulfone groups is 1. The molecule has 3 aromatic rings. The van der Waals surface area contributed by atoms with Gasteiger partial charge in [0, 0.05) is 11.6 Å². The highest BCUT2D eigenvalue weighted by Gasteiger charge is 2.09. The summed E-state index contributed by atoms with van der Waals surface area (Å²) in [4.78, 5) is 0.269. The lowest BCUT2D eigenvalue weighted by atomic mass is 10.1. The molecule has 6 heteroatoms. The van der Waals surface area contributed by atoms with Crippen molar-refractivity contribution >= 4 is 20.7 Å². The molecule has 0 unspecified atom stereocenters. The van der Waals surface area contributed by atoms with Crippen molar-refractivity contribution in [1.29, 1.82) is 0 Å². The third-order valence-electron chi connectivity index (χ3n) is 3.14. The van der Waals surface area contributed by atoms with Gasteiger partial charge in [0.1, 0.15) is 11.3 Å². The molecule has 1 N–H and O–H groups in total. The molecule has 0 fully saturated rings. The van der Waals surface area contributed by atoms with Crippen molar-refractivity contribution in [2.75, 3.05) is 6.26 Å². The largest absolute Gasteiger partial charge is 0.455 e. The number of aromatic nitrogens is 2. The second-order valence-electron chi connectivity index (χ2n) is 4.94. The molecule has 0 radical (unpaired) electrons. The summed E-state index contributed by atoms with van der Waals surface area (Å²) in [5.74, 6) is 1.23. The first kappa shape index (κ1) is 13.6. The fraction of sp³-hybridized carbons (Fsp3) is 0.133. The van der Waals surface area contributed by atoms with E-state index in [9.17, 15) is 8.42 Å². The summed E-state index contributed by atoms with van der Waals surface area (Å²) < 4.78 is 28.7. The van der Waals surface area contributed by atoms with E-state index in [1.807, 2.05) is 19.1 Å². The van der Waals surface area contributed by atoms with E-state index in [1.54, 1.807) is 18.3 Å². The smallest absolute Gasteiger partial charge is 0.175 e. The maximum atomic E-state index is 11.4. The van der Waals surface area contributed by atoms with Crippen LogP contribution in [0.5, 0.6) is 11.5 Å². The zero-order valence-corrected chi connectivity index (χ0v) is 12.4. The minimum atomic E-state index is -3.20. The van der Waals surface area contributed by atoms with Crippen LogP contribution in [0.1, 0.15) is 5.56 Å². The summed E-state index contributed by atoms with van der Waals surface area (Å²) in [6.45, 7) is 1.98. The van der Waals surface area contributed by atoms with Gasteiger partial charge in [-0.15, -0.1) is 0 Å². The fourth-order valence-electron chi connectivity index (χ4n) is 2.13. The number of fused-ring (bicyclic) bond motifs is 1.